The summed E-state index contributed by atoms with van der Waals surface area (Å²) in [5.41, 5.74) is -0.814. The van der Waals surface area contributed by atoms with Crippen molar-refractivity contribution in [3.05, 3.63) is 6.33 Å². The minimum atomic E-state index is -0.814. The molecule has 114 valence electrons. The van der Waals surface area contributed by atoms with Gasteiger partial charge in [0.25, 0.3) is 0 Å². The first-order valence-corrected chi connectivity index (χ1v) is 7.93. The fraction of sp³-hybridized carbons (Fsp3) is 0.769. The molecule has 6 nitrogen and oxygen atoms in total. The van der Waals surface area contributed by atoms with Crippen LogP contribution in [0, 0.1) is 0 Å². The second-order valence-corrected chi connectivity index (χ2v) is 6.10. The number of hydrogen-bond acceptors (Lipinski definition) is 5. The topological polar surface area (TPSA) is 80.0 Å². The molecule has 0 radical (unpaired) electrons. The molecule has 0 aliphatic heterocycles. The number of aliphatic carboxylic acids is 1. The van der Waals surface area contributed by atoms with E-state index in [9.17, 15) is 9.90 Å². The summed E-state index contributed by atoms with van der Waals surface area (Å²) in [6.45, 7) is 4.53. The number of nitrogens with one attached hydrogen (secondary N) is 1. The van der Waals surface area contributed by atoms with Gasteiger partial charge in [-0.15, -0.1) is 0 Å². The van der Waals surface area contributed by atoms with Crippen LogP contribution in [0.5, 0.6) is 0 Å². The molecule has 1 aromatic heterocycles. The number of hydrogen-bond donors (Lipinski definition) is 2. The van der Waals surface area contributed by atoms with E-state index in [4.69, 9.17) is 0 Å². The van der Waals surface area contributed by atoms with Crippen molar-refractivity contribution >= 4 is 17.7 Å². The van der Waals surface area contributed by atoms with E-state index in [2.05, 4.69) is 15.4 Å². The predicted molar refractivity (Wildman–Crippen MR) is 79.9 cm³/mol. The first kappa shape index (κ1) is 17.0. The predicted octanol–water partition coefficient (Wildman–Crippen LogP) is 1.92. The van der Waals surface area contributed by atoms with Gasteiger partial charge in [-0.25, -0.2) is 9.67 Å². The van der Waals surface area contributed by atoms with Gasteiger partial charge in [0.05, 0.1) is 0 Å². The Morgan fingerprint density at radius 2 is 2.30 bits per heavy atom. The van der Waals surface area contributed by atoms with Crippen LogP contribution in [0.3, 0.4) is 0 Å². The van der Waals surface area contributed by atoms with Crippen LogP contribution in [-0.4, -0.2) is 43.7 Å². The molecule has 1 atom stereocenters. The molecule has 0 amide bonds. The van der Waals surface area contributed by atoms with Crippen LogP contribution >= 0.6 is 11.8 Å². The molecule has 1 aromatic rings. The van der Waals surface area contributed by atoms with Gasteiger partial charge in [0.15, 0.2) is 5.16 Å². The maximum absolute atomic E-state index is 11.3. The van der Waals surface area contributed by atoms with Crippen LogP contribution in [0.4, 0.5) is 0 Å². The lowest BCUT2D eigenvalue weighted by molar-refractivity contribution is -0.144. The number of aryl methyl sites for hydroxylation is 1. The van der Waals surface area contributed by atoms with Crippen LogP contribution in [0.15, 0.2) is 11.5 Å². The minimum Gasteiger partial charge on any atom is -0.480 e. The maximum Gasteiger partial charge on any atom is 0.323 e. The first-order valence-electron chi connectivity index (χ1n) is 6.95. The molecule has 1 heterocycles. The molecule has 0 saturated carbocycles. The van der Waals surface area contributed by atoms with E-state index in [0.29, 0.717) is 6.42 Å². The molecule has 1 unspecified atom stereocenters. The highest BCUT2D eigenvalue weighted by Crippen LogP contribution is 2.19. The average molecular weight is 300 g/mol. The standard InChI is InChI=1S/C13H24N4O2S/c1-4-8-15-13(2,11(18)19)7-5-6-9-20-12-14-10-16-17(12)3/h10,15H,4-9H2,1-3H3,(H,18,19). The van der Waals surface area contributed by atoms with Crippen molar-refractivity contribution in [1.82, 2.24) is 20.1 Å². The third kappa shape index (κ3) is 5.13. The highest BCUT2D eigenvalue weighted by Gasteiger charge is 2.31. The zero-order valence-electron chi connectivity index (χ0n) is 12.4. The highest BCUT2D eigenvalue weighted by molar-refractivity contribution is 7.99. The third-order valence-corrected chi connectivity index (χ3v) is 4.33. The smallest absolute Gasteiger partial charge is 0.323 e. The van der Waals surface area contributed by atoms with Crippen LogP contribution < -0.4 is 5.32 Å². The van der Waals surface area contributed by atoms with Crippen molar-refractivity contribution in [3.8, 4) is 0 Å². The molecule has 0 aliphatic rings. The van der Waals surface area contributed by atoms with Gasteiger partial charge < -0.3 is 10.4 Å². The lowest BCUT2D eigenvalue weighted by atomic mass is 9.95. The van der Waals surface area contributed by atoms with E-state index in [1.807, 2.05) is 14.0 Å². The van der Waals surface area contributed by atoms with Gasteiger partial charge in [-0.1, -0.05) is 25.1 Å². The summed E-state index contributed by atoms with van der Waals surface area (Å²) in [5, 5.41) is 17.3. The largest absolute Gasteiger partial charge is 0.480 e. The second kappa shape index (κ2) is 8.26. The molecule has 0 aliphatic carbocycles. The normalized spacial score (nSPS) is 14.2. The zero-order chi connectivity index (χ0) is 15.0. The third-order valence-electron chi connectivity index (χ3n) is 3.21. The fourth-order valence-corrected chi connectivity index (χ4v) is 2.72. The van der Waals surface area contributed by atoms with E-state index >= 15 is 0 Å². The molecule has 7 heteroatoms. The molecule has 2 N–H and O–H groups in total. The van der Waals surface area contributed by atoms with Gasteiger partial charge in [-0.2, -0.15) is 5.10 Å². The maximum atomic E-state index is 11.3. The van der Waals surface area contributed by atoms with Crippen LogP contribution in [-0.2, 0) is 11.8 Å². The first-order chi connectivity index (χ1) is 9.49. The summed E-state index contributed by atoms with van der Waals surface area (Å²) < 4.78 is 1.74. The van der Waals surface area contributed by atoms with Gasteiger partial charge in [-0.3, -0.25) is 4.79 Å². The Bertz CT molecular complexity index is 424. The molecule has 0 fully saturated rings. The molecular formula is C13H24N4O2S. The summed E-state index contributed by atoms with van der Waals surface area (Å²) in [7, 11) is 1.87. The van der Waals surface area contributed by atoms with E-state index in [0.717, 1.165) is 36.7 Å². The van der Waals surface area contributed by atoms with Gasteiger partial charge in [0.2, 0.25) is 0 Å². The summed E-state index contributed by atoms with van der Waals surface area (Å²) in [5.74, 6) is 0.155. The van der Waals surface area contributed by atoms with E-state index in [1.54, 1.807) is 29.7 Å². The number of unbranched alkanes of at least 4 members (excludes halogenated alkanes) is 1. The van der Waals surface area contributed by atoms with E-state index < -0.39 is 11.5 Å². The molecular weight excluding hydrogens is 276 g/mol. The Balaban J connectivity index is 2.27. The Morgan fingerprint density at radius 1 is 1.55 bits per heavy atom. The van der Waals surface area contributed by atoms with Crippen LogP contribution in [0.2, 0.25) is 0 Å². The van der Waals surface area contributed by atoms with E-state index in [1.165, 1.54) is 0 Å². The molecule has 0 saturated heterocycles. The number of thioether (sulfide) groups is 1. The Morgan fingerprint density at radius 3 is 2.85 bits per heavy atom. The molecule has 0 aromatic carbocycles. The lowest BCUT2D eigenvalue weighted by Gasteiger charge is -2.26. The summed E-state index contributed by atoms with van der Waals surface area (Å²) in [6.07, 6.45) is 4.96. The van der Waals surface area contributed by atoms with Gasteiger partial charge >= 0.3 is 5.97 Å². The van der Waals surface area contributed by atoms with Crippen LogP contribution in [0.1, 0.15) is 39.5 Å². The van der Waals surface area contributed by atoms with Gasteiger partial charge in [0.1, 0.15) is 11.9 Å². The molecule has 0 spiro atoms. The molecule has 1 rings (SSSR count). The summed E-state index contributed by atoms with van der Waals surface area (Å²) >= 11 is 1.65. The van der Waals surface area contributed by atoms with Crippen molar-refractivity contribution in [2.75, 3.05) is 12.3 Å². The summed E-state index contributed by atoms with van der Waals surface area (Å²) in [6, 6.07) is 0. The van der Waals surface area contributed by atoms with Crippen molar-refractivity contribution in [2.45, 2.75) is 50.2 Å². The quantitative estimate of drug-likeness (QED) is 0.507. The molecule has 20 heavy (non-hydrogen) atoms. The average Bonchev–Trinajstić information content (AvgIpc) is 2.81. The van der Waals surface area contributed by atoms with E-state index in [-0.39, 0.29) is 0 Å². The van der Waals surface area contributed by atoms with Crippen LogP contribution in [0.25, 0.3) is 0 Å². The molecule has 0 bridgehead atoms. The number of carboxylic acid groups (broad SMARTS) is 1. The highest BCUT2D eigenvalue weighted by atomic mass is 32.2. The lowest BCUT2D eigenvalue weighted by Crippen LogP contribution is -2.49. The van der Waals surface area contributed by atoms with Crippen molar-refractivity contribution in [3.63, 3.8) is 0 Å². The number of carbonyl (C=O) groups is 1. The van der Waals surface area contributed by atoms with Gasteiger partial charge in [-0.05, 0) is 32.7 Å². The zero-order valence-corrected chi connectivity index (χ0v) is 13.2. The fourth-order valence-electron chi connectivity index (χ4n) is 1.83. The van der Waals surface area contributed by atoms with Crippen molar-refractivity contribution < 1.29 is 9.90 Å². The minimum absolute atomic E-state index is 0.641. The second-order valence-electron chi connectivity index (χ2n) is 5.04. The Kier molecular flexibility index (Phi) is 7.01. The van der Waals surface area contributed by atoms with Crippen molar-refractivity contribution in [2.24, 2.45) is 7.05 Å². The Hall–Kier alpha value is -1.08. The Labute approximate surface area is 124 Å². The number of nitrogens with zero attached hydrogens (tertiary/aromatic N) is 3. The number of carboxylic acids is 1. The summed E-state index contributed by atoms with van der Waals surface area (Å²) in [4.78, 5) is 15.5. The monoisotopic (exact) mass is 300 g/mol. The number of aromatic nitrogens is 3. The number of rotatable bonds is 10. The van der Waals surface area contributed by atoms with Crippen molar-refractivity contribution in [1.29, 1.82) is 0 Å². The SMILES string of the molecule is CCCNC(C)(CCCCSc1ncnn1C)C(=O)O. The van der Waals surface area contributed by atoms with Gasteiger partial charge in [0, 0.05) is 12.8 Å².